The predicted octanol–water partition coefficient (Wildman–Crippen LogP) is 2.58. The van der Waals surface area contributed by atoms with Crippen LogP contribution in [0.3, 0.4) is 0 Å². The van der Waals surface area contributed by atoms with Crippen molar-refractivity contribution >= 4 is 40.8 Å². The van der Waals surface area contributed by atoms with Crippen molar-refractivity contribution < 1.29 is 9.18 Å². The first-order valence-corrected chi connectivity index (χ1v) is 5.96. The first-order chi connectivity index (χ1) is 8.40. The van der Waals surface area contributed by atoms with Gasteiger partial charge in [-0.15, -0.1) is 0 Å². The van der Waals surface area contributed by atoms with E-state index in [0.29, 0.717) is 15.8 Å². The van der Waals surface area contributed by atoms with E-state index in [0.717, 1.165) is 0 Å². The number of halogens is 2. The van der Waals surface area contributed by atoms with E-state index in [4.69, 9.17) is 23.8 Å². The second-order valence-electron chi connectivity index (χ2n) is 4.09. The number of benzene rings is 1. The zero-order chi connectivity index (χ0) is 13.4. The van der Waals surface area contributed by atoms with Gasteiger partial charge in [0.15, 0.2) is 4.77 Å². The number of hydrogen-bond acceptors (Lipinski definition) is 2. The number of imidazole rings is 1. The highest BCUT2D eigenvalue weighted by Crippen LogP contribution is 2.22. The summed E-state index contributed by atoms with van der Waals surface area (Å²) in [6.45, 7) is 0.0911. The summed E-state index contributed by atoms with van der Waals surface area (Å²) in [7, 11) is 3.32. The van der Waals surface area contributed by atoms with Crippen molar-refractivity contribution in [2.45, 2.75) is 6.54 Å². The standard InChI is InChI=1S/C11H11ClFN3OS/c1-15(2)10(17)5-16-9-3-6(12)7(13)4-8(9)14-11(16)18/h3-4H,5H2,1-2H3,(H,14,18). The van der Waals surface area contributed by atoms with Crippen molar-refractivity contribution in [3.05, 3.63) is 27.7 Å². The lowest BCUT2D eigenvalue weighted by atomic mass is 10.3. The van der Waals surface area contributed by atoms with Crippen LogP contribution in [0, 0.1) is 10.6 Å². The Morgan fingerprint density at radius 2 is 2.22 bits per heavy atom. The van der Waals surface area contributed by atoms with E-state index in [2.05, 4.69) is 4.98 Å². The molecule has 96 valence electrons. The molecule has 7 heteroatoms. The summed E-state index contributed by atoms with van der Waals surface area (Å²) in [5, 5.41) is 0.00236. The number of carbonyl (C=O) groups excluding carboxylic acids is 1. The van der Waals surface area contributed by atoms with Gasteiger partial charge in [0, 0.05) is 20.2 Å². The van der Waals surface area contributed by atoms with Crippen LogP contribution >= 0.6 is 23.8 Å². The molecule has 4 nitrogen and oxygen atoms in total. The molecule has 1 aromatic carbocycles. The third-order valence-corrected chi connectivity index (χ3v) is 3.22. The molecule has 0 aliphatic rings. The molecule has 1 aromatic heterocycles. The van der Waals surface area contributed by atoms with E-state index in [1.165, 1.54) is 17.0 Å². The number of nitrogens with zero attached hydrogens (tertiary/aromatic N) is 2. The number of rotatable bonds is 2. The molecule has 0 radical (unpaired) electrons. The van der Waals surface area contributed by atoms with Gasteiger partial charge in [-0.1, -0.05) is 11.6 Å². The molecule has 1 heterocycles. The maximum atomic E-state index is 13.3. The highest BCUT2D eigenvalue weighted by Gasteiger charge is 2.12. The number of amides is 1. The Bertz CT molecular complexity index is 677. The summed E-state index contributed by atoms with van der Waals surface area (Å²) >= 11 is 10.9. The average Bonchev–Trinajstić information content (AvgIpc) is 2.56. The summed E-state index contributed by atoms with van der Waals surface area (Å²) in [6.07, 6.45) is 0. The molecule has 0 saturated heterocycles. The molecular weight excluding hydrogens is 277 g/mol. The summed E-state index contributed by atoms with van der Waals surface area (Å²) in [4.78, 5) is 16.0. The highest BCUT2D eigenvalue weighted by molar-refractivity contribution is 7.71. The third kappa shape index (κ3) is 2.26. The number of nitrogens with one attached hydrogen (secondary N) is 1. The largest absolute Gasteiger partial charge is 0.347 e. The van der Waals surface area contributed by atoms with E-state index < -0.39 is 5.82 Å². The van der Waals surface area contributed by atoms with Crippen molar-refractivity contribution in [2.24, 2.45) is 0 Å². The summed E-state index contributed by atoms with van der Waals surface area (Å²) in [5.41, 5.74) is 1.13. The minimum atomic E-state index is -0.522. The van der Waals surface area contributed by atoms with Gasteiger partial charge in [-0.3, -0.25) is 4.79 Å². The Labute approximate surface area is 113 Å². The van der Waals surface area contributed by atoms with Crippen LogP contribution in [0.25, 0.3) is 11.0 Å². The van der Waals surface area contributed by atoms with Crippen LogP contribution in [-0.4, -0.2) is 34.5 Å². The molecule has 2 rings (SSSR count). The summed E-state index contributed by atoms with van der Waals surface area (Å²) in [5.74, 6) is -0.626. The van der Waals surface area contributed by atoms with Crippen molar-refractivity contribution in [1.29, 1.82) is 0 Å². The average molecular weight is 288 g/mol. The van der Waals surface area contributed by atoms with Gasteiger partial charge in [0.05, 0.1) is 16.1 Å². The number of aromatic nitrogens is 2. The number of carbonyl (C=O) groups is 1. The van der Waals surface area contributed by atoms with Crippen LogP contribution in [0.15, 0.2) is 12.1 Å². The molecule has 0 unspecified atom stereocenters. The van der Waals surface area contributed by atoms with Crippen LogP contribution in [-0.2, 0) is 11.3 Å². The Hall–Kier alpha value is -1.40. The number of H-pyrrole nitrogens is 1. The zero-order valence-corrected chi connectivity index (χ0v) is 11.4. The maximum absolute atomic E-state index is 13.3. The van der Waals surface area contributed by atoms with Crippen molar-refractivity contribution in [3.8, 4) is 0 Å². The fourth-order valence-corrected chi connectivity index (χ4v) is 2.02. The summed E-state index contributed by atoms with van der Waals surface area (Å²) < 4.78 is 15.3. The summed E-state index contributed by atoms with van der Waals surface area (Å²) in [6, 6.07) is 2.73. The van der Waals surface area contributed by atoms with E-state index >= 15 is 0 Å². The van der Waals surface area contributed by atoms with Gasteiger partial charge in [-0.05, 0) is 18.3 Å². The highest BCUT2D eigenvalue weighted by atomic mass is 35.5. The molecule has 2 aromatic rings. The van der Waals surface area contributed by atoms with E-state index in [1.807, 2.05) is 0 Å². The molecule has 18 heavy (non-hydrogen) atoms. The number of fused-ring (bicyclic) bond motifs is 1. The Morgan fingerprint density at radius 3 is 2.83 bits per heavy atom. The monoisotopic (exact) mass is 287 g/mol. The first-order valence-electron chi connectivity index (χ1n) is 5.18. The number of likely N-dealkylation sites (N-methyl/N-ethyl adjacent to an activating group) is 1. The normalized spacial score (nSPS) is 10.9. The predicted molar refractivity (Wildman–Crippen MR) is 70.8 cm³/mol. The van der Waals surface area contributed by atoms with Crippen molar-refractivity contribution in [3.63, 3.8) is 0 Å². The Morgan fingerprint density at radius 1 is 1.56 bits per heavy atom. The quantitative estimate of drug-likeness (QED) is 0.863. The minimum absolute atomic E-state index is 0.00236. The van der Waals surface area contributed by atoms with Gasteiger partial charge < -0.3 is 14.5 Å². The van der Waals surface area contributed by atoms with Gasteiger partial charge in [0.2, 0.25) is 5.91 Å². The zero-order valence-electron chi connectivity index (χ0n) is 9.83. The fourth-order valence-electron chi connectivity index (χ4n) is 1.59. The molecule has 0 bridgehead atoms. The SMILES string of the molecule is CN(C)C(=O)Cn1c(=S)[nH]c2cc(F)c(Cl)cc21. The lowest BCUT2D eigenvalue weighted by Crippen LogP contribution is -2.26. The second-order valence-corrected chi connectivity index (χ2v) is 4.88. The smallest absolute Gasteiger partial charge is 0.242 e. The van der Waals surface area contributed by atoms with Gasteiger partial charge in [-0.25, -0.2) is 4.39 Å². The van der Waals surface area contributed by atoms with E-state index in [-0.39, 0.29) is 17.5 Å². The first kappa shape index (κ1) is 13.0. The molecular formula is C11H11ClFN3OS. The van der Waals surface area contributed by atoms with Gasteiger partial charge in [-0.2, -0.15) is 0 Å². The Kier molecular flexibility index (Phi) is 3.41. The number of aromatic amines is 1. The lowest BCUT2D eigenvalue weighted by Gasteiger charge is -2.11. The van der Waals surface area contributed by atoms with Crippen molar-refractivity contribution in [1.82, 2.24) is 14.5 Å². The van der Waals surface area contributed by atoms with Gasteiger partial charge >= 0.3 is 0 Å². The fraction of sp³-hybridized carbons (Fsp3) is 0.273. The molecule has 0 fully saturated rings. The molecule has 0 saturated carbocycles. The molecule has 1 N–H and O–H groups in total. The van der Waals surface area contributed by atoms with Crippen LogP contribution < -0.4 is 0 Å². The molecule has 1 amide bonds. The minimum Gasteiger partial charge on any atom is -0.347 e. The second kappa shape index (κ2) is 4.70. The molecule has 0 aliphatic heterocycles. The maximum Gasteiger partial charge on any atom is 0.242 e. The molecule has 0 spiro atoms. The molecule has 0 atom stereocenters. The Balaban J connectivity index is 2.57. The lowest BCUT2D eigenvalue weighted by molar-refractivity contribution is -0.129. The third-order valence-electron chi connectivity index (χ3n) is 2.61. The van der Waals surface area contributed by atoms with Crippen LogP contribution in [0.1, 0.15) is 0 Å². The molecule has 0 aliphatic carbocycles. The number of hydrogen-bond donors (Lipinski definition) is 1. The van der Waals surface area contributed by atoms with Crippen LogP contribution in [0.4, 0.5) is 4.39 Å². The van der Waals surface area contributed by atoms with Crippen LogP contribution in [0.5, 0.6) is 0 Å². The van der Waals surface area contributed by atoms with Gasteiger partial charge in [0.1, 0.15) is 12.4 Å². The van der Waals surface area contributed by atoms with Gasteiger partial charge in [0.25, 0.3) is 0 Å². The topological polar surface area (TPSA) is 41.0 Å². The van der Waals surface area contributed by atoms with Crippen LogP contribution in [0.2, 0.25) is 5.02 Å². The van der Waals surface area contributed by atoms with E-state index in [9.17, 15) is 9.18 Å². The van der Waals surface area contributed by atoms with Crippen molar-refractivity contribution in [2.75, 3.05) is 14.1 Å². The van der Waals surface area contributed by atoms with E-state index in [1.54, 1.807) is 18.7 Å².